The van der Waals surface area contributed by atoms with Crippen LogP contribution in [0.25, 0.3) is 0 Å². The van der Waals surface area contributed by atoms with Crippen LogP contribution in [0.4, 0.5) is 0 Å². The van der Waals surface area contributed by atoms with Crippen LogP contribution in [0.15, 0.2) is 11.4 Å². The van der Waals surface area contributed by atoms with E-state index in [9.17, 15) is 4.79 Å². The predicted octanol–water partition coefficient (Wildman–Crippen LogP) is 2.27. The summed E-state index contributed by atoms with van der Waals surface area (Å²) in [6.45, 7) is 6.14. The lowest BCUT2D eigenvalue weighted by molar-refractivity contribution is 0.0947. The van der Waals surface area contributed by atoms with Gasteiger partial charge in [0.1, 0.15) is 0 Å². The molecule has 0 bridgehead atoms. The van der Waals surface area contributed by atoms with Crippen molar-refractivity contribution in [2.45, 2.75) is 26.2 Å². The molecule has 1 amide bonds. The van der Waals surface area contributed by atoms with E-state index < -0.39 is 0 Å². The van der Waals surface area contributed by atoms with Crippen molar-refractivity contribution in [2.75, 3.05) is 26.2 Å². The van der Waals surface area contributed by atoms with Crippen LogP contribution in [0, 0.1) is 6.92 Å². The maximum absolute atomic E-state index is 11.8. The van der Waals surface area contributed by atoms with E-state index in [0.29, 0.717) is 0 Å². The molecule has 2 heterocycles. The third kappa shape index (κ3) is 3.82. The molecule has 1 N–H and O–H groups in total. The van der Waals surface area contributed by atoms with Crippen LogP contribution in [0.3, 0.4) is 0 Å². The largest absolute Gasteiger partial charge is 0.351 e. The average molecular weight is 252 g/mol. The first-order valence-corrected chi connectivity index (χ1v) is 7.19. The summed E-state index contributed by atoms with van der Waals surface area (Å²) in [6.07, 6.45) is 3.96. The molecule has 17 heavy (non-hydrogen) atoms. The molecule has 0 spiro atoms. The number of hydrogen-bond donors (Lipinski definition) is 1. The highest BCUT2D eigenvalue weighted by atomic mass is 32.1. The first kappa shape index (κ1) is 12.6. The molecule has 1 aromatic rings. The van der Waals surface area contributed by atoms with Crippen molar-refractivity contribution in [3.63, 3.8) is 0 Å². The highest BCUT2D eigenvalue weighted by Crippen LogP contribution is 2.12. The van der Waals surface area contributed by atoms with Crippen molar-refractivity contribution in [3.8, 4) is 0 Å². The van der Waals surface area contributed by atoms with Crippen molar-refractivity contribution in [1.29, 1.82) is 0 Å². The number of nitrogens with one attached hydrogen (secondary N) is 1. The van der Waals surface area contributed by atoms with Crippen LogP contribution >= 0.6 is 11.3 Å². The third-order valence-electron chi connectivity index (χ3n) is 3.16. The number of aryl methyl sites for hydroxylation is 1. The summed E-state index contributed by atoms with van der Waals surface area (Å²) in [4.78, 5) is 15.4. The monoisotopic (exact) mass is 252 g/mol. The summed E-state index contributed by atoms with van der Waals surface area (Å²) < 4.78 is 0. The molecule has 0 saturated carbocycles. The molecular weight excluding hydrogens is 232 g/mol. The Morgan fingerprint density at radius 1 is 1.41 bits per heavy atom. The Morgan fingerprint density at radius 2 is 2.18 bits per heavy atom. The minimum absolute atomic E-state index is 0.0614. The molecule has 2 rings (SSSR count). The smallest absolute Gasteiger partial charge is 0.252 e. The molecule has 0 aliphatic carbocycles. The van der Waals surface area contributed by atoms with Crippen LogP contribution in [0.5, 0.6) is 0 Å². The van der Waals surface area contributed by atoms with Crippen LogP contribution in [-0.4, -0.2) is 37.0 Å². The van der Waals surface area contributed by atoms with Gasteiger partial charge in [-0.2, -0.15) is 0 Å². The number of amides is 1. The fraction of sp³-hybridized carbons (Fsp3) is 0.615. The normalized spacial score (nSPS) is 17.0. The molecule has 1 aliphatic heterocycles. The van der Waals surface area contributed by atoms with E-state index in [0.717, 1.165) is 18.7 Å². The Labute approximate surface area is 107 Å². The Balaban J connectivity index is 1.69. The van der Waals surface area contributed by atoms with Gasteiger partial charge < -0.3 is 10.2 Å². The number of rotatable bonds is 4. The van der Waals surface area contributed by atoms with Gasteiger partial charge in [-0.1, -0.05) is 6.42 Å². The number of hydrogen-bond acceptors (Lipinski definition) is 3. The first-order valence-electron chi connectivity index (χ1n) is 6.31. The van der Waals surface area contributed by atoms with Crippen molar-refractivity contribution in [1.82, 2.24) is 10.2 Å². The Morgan fingerprint density at radius 3 is 2.82 bits per heavy atom. The van der Waals surface area contributed by atoms with Gasteiger partial charge in [0, 0.05) is 23.3 Å². The molecule has 94 valence electrons. The maximum Gasteiger partial charge on any atom is 0.252 e. The maximum atomic E-state index is 11.8. The van der Waals surface area contributed by atoms with Gasteiger partial charge >= 0.3 is 0 Å². The lowest BCUT2D eigenvalue weighted by atomic mass is 10.1. The fourth-order valence-corrected chi connectivity index (χ4v) is 2.86. The molecular formula is C13H20N2OS. The van der Waals surface area contributed by atoms with E-state index in [1.165, 1.54) is 37.2 Å². The molecule has 0 unspecified atom stereocenters. The Bertz CT molecular complexity index is 369. The van der Waals surface area contributed by atoms with Crippen molar-refractivity contribution < 1.29 is 4.79 Å². The van der Waals surface area contributed by atoms with Crippen LogP contribution in [0.2, 0.25) is 0 Å². The fourth-order valence-electron chi connectivity index (χ4n) is 2.18. The lowest BCUT2D eigenvalue weighted by Crippen LogP contribution is -2.37. The Kier molecular flexibility index (Phi) is 4.57. The number of carbonyl (C=O) groups is 1. The number of carbonyl (C=O) groups excluding carboxylic acids is 1. The zero-order chi connectivity index (χ0) is 12.1. The van der Waals surface area contributed by atoms with Gasteiger partial charge in [0.25, 0.3) is 5.91 Å². The quantitative estimate of drug-likeness (QED) is 0.891. The highest BCUT2D eigenvalue weighted by Gasteiger charge is 2.11. The van der Waals surface area contributed by atoms with Gasteiger partial charge in [-0.25, -0.2) is 0 Å². The van der Waals surface area contributed by atoms with Crippen LogP contribution in [0.1, 0.15) is 34.5 Å². The lowest BCUT2D eigenvalue weighted by Gasteiger charge is -2.26. The van der Waals surface area contributed by atoms with Crippen molar-refractivity contribution >= 4 is 17.2 Å². The van der Waals surface area contributed by atoms with Crippen LogP contribution < -0.4 is 5.32 Å². The molecule has 1 fully saturated rings. The molecule has 0 radical (unpaired) electrons. The van der Waals surface area contributed by atoms with E-state index in [-0.39, 0.29) is 5.91 Å². The third-order valence-corrected chi connectivity index (χ3v) is 4.02. The summed E-state index contributed by atoms with van der Waals surface area (Å²) in [5.74, 6) is 0.0614. The molecule has 1 aromatic heterocycles. The summed E-state index contributed by atoms with van der Waals surface area (Å²) in [7, 11) is 0. The Hall–Kier alpha value is -0.870. The second kappa shape index (κ2) is 6.17. The number of nitrogens with zero attached hydrogens (tertiary/aromatic N) is 1. The molecule has 1 saturated heterocycles. The topological polar surface area (TPSA) is 32.3 Å². The molecule has 3 nitrogen and oxygen atoms in total. The van der Waals surface area contributed by atoms with Gasteiger partial charge in [-0.3, -0.25) is 4.79 Å². The highest BCUT2D eigenvalue weighted by molar-refractivity contribution is 7.10. The molecule has 4 heteroatoms. The molecule has 1 aliphatic rings. The van der Waals surface area contributed by atoms with Gasteiger partial charge in [-0.15, -0.1) is 11.3 Å². The zero-order valence-corrected chi connectivity index (χ0v) is 11.2. The van der Waals surface area contributed by atoms with Gasteiger partial charge in [0.15, 0.2) is 0 Å². The van der Waals surface area contributed by atoms with Crippen molar-refractivity contribution in [3.05, 3.63) is 21.9 Å². The second-order valence-corrected chi connectivity index (χ2v) is 5.72. The summed E-state index contributed by atoms with van der Waals surface area (Å²) in [6, 6.07) is 1.95. The average Bonchev–Trinajstić information content (AvgIpc) is 2.77. The van der Waals surface area contributed by atoms with E-state index >= 15 is 0 Å². The van der Waals surface area contributed by atoms with E-state index in [2.05, 4.69) is 10.2 Å². The predicted molar refractivity (Wildman–Crippen MR) is 71.7 cm³/mol. The van der Waals surface area contributed by atoms with E-state index in [4.69, 9.17) is 0 Å². The summed E-state index contributed by atoms with van der Waals surface area (Å²) in [5.41, 5.74) is 0.797. The minimum atomic E-state index is 0.0614. The molecule has 0 atom stereocenters. The number of likely N-dealkylation sites (tertiary alicyclic amines) is 1. The van der Waals surface area contributed by atoms with Gasteiger partial charge in [0.2, 0.25) is 0 Å². The van der Waals surface area contributed by atoms with E-state index in [1.807, 2.05) is 18.4 Å². The van der Waals surface area contributed by atoms with Crippen molar-refractivity contribution in [2.24, 2.45) is 0 Å². The van der Waals surface area contributed by atoms with Gasteiger partial charge in [0.05, 0.1) is 5.56 Å². The number of piperidine rings is 1. The number of thiophene rings is 1. The first-order chi connectivity index (χ1) is 8.25. The minimum Gasteiger partial charge on any atom is -0.351 e. The second-order valence-electron chi connectivity index (χ2n) is 4.60. The summed E-state index contributed by atoms with van der Waals surface area (Å²) >= 11 is 1.62. The SMILES string of the molecule is Cc1cc(C(=O)NCCN2CCCCC2)cs1. The zero-order valence-electron chi connectivity index (χ0n) is 10.4. The van der Waals surface area contributed by atoms with Crippen LogP contribution in [-0.2, 0) is 0 Å². The standard InChI is InChI=1S/C13H20N2OS/c1-11-9-12(10-17-11)13(16)14-5-8-15-6-3-2-4-7-15/h9-10H,2-8H2,1H3,(H,14,16). The van der Waals surface area contributed by atoms with Gasteiger partial charge in [-0.05, 0) is 38.9 Å². The summed E-state index contributed by atoms with van der Waals surface area (Å²) in [5, 5.41) is 4.91. The van der Waals surface area contributed by atoms with E-state index in [1.54, 1.807) is 11.3 Å². The molecule has 0 aromatic carbocycles.